The molecular formula is C23H37N3O7. The number of hydrogen-bond acceptors (Lipinski definition) is 8. The summed E-state index contributed by atoms with van der Waals surface area (Å²) in [7, 11) is 0. The Labute approximate surface area is 194 Å². The van der Waals surface area contributed by atoms with E-state index in [4.69, 9.17) is 14.2 Å². The first-order valence-corrected chi connectivity index (χ1v) is 12.1. The maximum absolute atomic E-state index is 13.7. The summed E-state index contributed by atoms with van der Waals surface area (Å²) < 4.78 is 17.3. The molecule has 10 nitrogen and oxygen atoms in total. The van der Waals surface area contributed by atoms with Gasteiger partial charge in [0, 0.05) is 26.2 Å². The Hall–Kier alpha value is -1.75. The summed E-state index contributed by atoms with van der Waals surface area (Å²) in [4.78, 5) is 43.9. The van der Waals surface area contributed by atoms with Gasteiger partial charge in [-0.05, 0) is 33.1 Å². The second-order valence-corrected chi connectivity index (χ2v) is 9.98. The molecule has 4 rings (SSSR count). The van der Waals surface area contributed by atoms with E-state index in [9.17, 15) is 19.5 Å². The molecule has 0 radical (unpaired) electrons. The van der Waals surface area contributed by atoms with Gasteiger partial charge in [0.05, 0.1) is 44.0 Å². The molecule has 2 N–H and O–H groups in total. The maximum Gasteiger partial charge on any atom is 0.312 e. The van der Waals surface area contributed by atoms with Crippen molar-refractivity contribution in [3.05, 3.63) is 0 Å². The van der Waals surface area contributed by atoms with E-state index < -0.39 is 41.1 Å². The fraction of sp³-hybridized carbons (Fsp3) is 0.870. The number of aliphatic hydroxyl groups excluding tert-OH is 1. The second kappa shape index (κ2) is 9.13. The standard InChI is InChI=1S/C23H37N3O7/c1-5-32-21(30)17-16-20(29)26(15(3)13-27)18(23(16)12-14(2)22(17,4)33-23)19(28)24-6-7-25-8-10-31-11-9-25/h14-18,27H,5-13H2,1-4H3,(H,24,28)/t14?,15-,16+,17+,18?,22-,23?/m1/s1. The van der Waals surface area contributed by atoms with E-state index in [2.05, 4.69) is 10.2 Å². The highest BCUT2D eigenvalue weighted by Gasteiger charge is 2.80. The van der Waals surface area contributed by atoms with Gasteiger partial charge in [-0.2, -0.15) is 0 Å². The molecule has 0 aromatic heterocycles. The molecule has 4 aliphatic rings. The molecular weight excluding hydrogens is 430 g/mol. The Morgan fingerprint density at radius 1 is 1.33 bits per heavy atom. The minimum absolute atomic E-state index is 0.0380. The van der Waals surface area contributed by atoms with Crippen LogP contribution in [0.15, 0.2) is 0 Å². The van der Waals surface area contributed by atoms with E-state index in [0.29, 0.717) is 32.7 Å². The van der Waals surface area contributed by atoms with Crippen LogP contribution in [0.5, 0.6) is 0 Å². The highest BCUT2D eigenvalue weighted by Crippen LogP contribution is 2.65. The van der Waals surface area contributed by atoms with Crippen molar-refractivity contribution in [2.75, 3.05) is 52.6 Å². The first-order chi connectivity index (χ1) is 15.7. The van der Waals surface area contributed by atoms with Gasteiger partial charge < -0.3 is 29.5 Å². The lowest BCUT2D eigenvalue weighted by molar-refractivity contribution is -0.162. The van der Waals surface area contributed by atoms with Crippen LogP contribution in [0.3, 0.4) is 0 Å². The summed E-state index contributed by atoms with van der Waals surface area (Å²) in [6.45, 7) is 11.3. The maximum atomic E-state index is 13.7. The van der Waals surface area contributed by atoms with Crippen LogP contribution in [-0.4, -0.2) is 109 Å². The highest BCUT2D eigenvalue weighted by molar-refractivity contribution is 5.98. The van der Waals surface area contributed by atoms with Crippen molar-refractivity contribution in [3.63, 3.8) is 0 Å². The van der Waals surface area contributed by atoms with Crippen LogP contribution in [0.25, 0.3) is 0 Å². The number of ether oxygens (including phenoxy) is 3. The topological polar surface area (TPSA) is 118 Å². The molecule has 33 heavy (non-hydrogen) atoms. The Morgan fingerprint density at radius 3 is 2.67 bits per heavy atom. The third-order valence-electron chi connectivity index (χ3n) is 8.11. The first kappa shape index (κ1) is 24.4. The SMILES string of the molecule is CCOC(=O)[C@@H]1[C@H]2C(=O)N([C@H](C)CO)C(C(=O)NCCN3CCOCC3)C23CC(C)[C@@]1(C)O3. The predicted molar refractivity (Wildman–Crippen MR) is 117 cm³/mol. The summed E-state index contributed by atoms with van der Waals surface area (Å²) in [5.41, 5.74) is -2.00. The molecule has 1 spiro atoms. The Morgan fingerprint density at radius 2 is 2.03 bits per heavy atom. The molecule has 4 saturated heterocycles. The van der Waals surface area contributed by atoms with E-state index in [-0.39, 0.29) is 30.9 Å². The van der Waals surface area contributed by atoms with Crippen molar-refractivity contribution < 1.29 is 33.7 Å². The summed E-state index contributed by atoms with van der Waals surface area (Å²) in [5.74, 6) is -2.71. The van der Waals surface area contributed by atoms with Gasteiger partial charge in [-0.25, -0.2) is 0 Å². The number of carbonyl (C=O) groups excluding carboxylic acids is 3. The zero-order valence-electron chi connectivity index (χ0n) is 20.0. The molecule has 2 bridgehead atoms. The van der Waals surface area contributed by atoms with Crippen LogP contribution >= 0.6 is 0 Å². The average molecular weight is 468 g/mol. The van der Waals surface area contributed by atoms with Gasteiger partial charge in [-0.1, -0.05) is 6.92 Å². The number of carbonyl (C=O) groups is 3. The second-order valence-electron chi connectivity index (χ2n) is 9.98. The number of morpholine rings is 1. The minimum Gasteiger partial charge on any atom is -0.466 e. The number of hydrogen-bond donors (Lipinski definition) is 2. The van der Waals surface area contributed by atoms with Crippen molar-refractivity contribution in [2.45, 2.75) is 57.4 Å². The van der Waals surface area contributed by atoms with Gasteiger partial charge in [-0.15, -0.1) is 0 Å². The molecule has 0 saturated carbocycles. The van der Waals surface area contributed by atoms with E-state index in [0.717, 1.165) is 13.1 Å². The lowest BCUT2D eigenvalue weighted by Gasteiger charge is -2.36. The van der Waals surface area contributed by atoms with Crippen LogP contribution in [0.2, 0.25) is 0 Å². The van der Waals surface area contributed by atoms with Crippen molar-refractivity contribution >= 4 is 17.8 Å². The predicted octanol–water partition coefficient (Wildman–Crippen LogP) is -0.611. The van der Waals surface area contributed by atoms with E-state index in [1.54, 1.807) is 13.8 Å². The molecule has 10 heteroatoms. The number of aliphatic hydroxyl groups is 1. The average Bonchev–Trinajstić information content (AvgIpc) is 3.31. The van der Waals surface area contributed by atoms with Crippen molar-refractivity contribution in [1.82, 2.24) is 15.1 Å². The normalized spacial score (nSPS) is 38.9. The van der Waals surface area contributed by atoms with E-state index in [1.165, 1.54) is 4.90 Å². The molecule has 3 unspecified atom stereocenters. The van der Waals surface area contributed by atoms with Gasteiger partial charge >= 0.3 is 5.97 Å². The van der Waals surface area contributed by atoms with Gasteiger partial charge in [-0.3, -0.25) is 19.3 Å². The fourth-order valence-corrected chi connectivity index (χ4v) is 6.39. The zero-order valence-corrected chi connectivity index (χ0v) is 20.0. The van der Waals surface area contributed by atoms with Crippen LogP contribution < -0.4 is 5.32 Å². The van der Waals surface area contributed by atoms with Crippen LogP contribution in [0.4, 0.5) is 0 Å². The van der Waals surface area contributed by atoms with Crippen LogP contribution in [-0.2, 0) is 28.6 Å². The zero-order chi connectivity index (χ0) is 24.0. The lowest BCUT2D eigenvalue weighted by atomic mass is 9.62. The van der Waals surface area contributed by atoms with Crippen LogP contribution in [0.1, 0.15) is 34.1 Å². The van der Waals surface area contributed by atoms with Crippen molar-refractivity contribution in [1.29, 1.82) is 0 Å². The number of rotatable bonds is 8. The molecule has 4 fully saturated rings. The first-order valence-electron chi connectivity index (χ1n) is 12.1. The fourth-order valence-electron chi connectivity index (χ4n) is 6.39. The molecule has 0 aromatic carbocycles. The van der Waals surface area contributed by atoms with Crippen molar-refractivity contribution in [2.24, 2.45) is 17.8 Å². The van der Waals surface area contributed by atoms with Gasteiger partial charge in [0.1, 0.15) is 17.6 Å². The third kappa shape index (κ3) is 3.75. The minimum atomic E-state index is -1.12. The largest absolute Gasteiger partial charge is 0.466 e. The lowest BCUT2D eigenvalue weighted by Crippen LogP contribution is -2.58. The quantitative estimate of drug-likeness (QED) is 0.454. The van der Waals surface area contributed by atoms with Crippen LogP contribution in [0, 0.1) is 17.8 Å². The number of amides is 2. The monoisotopic (exact) mass is 467 g/mol. The number of nitrogens with one attached hydrogen (secondary N) is 1. The molecule has 4 heterocycles. The summed E-state index contributed by atoms with van der Waals surface area (Å²) in [6.07, 6.45) is 0.492. The molecule has 2 amide bonds. The number of fused-ring (bicyclic) bond motifs is 1. The summed E-state index contributed by atoms with van der Waals surface area (Å²) in [5, 5.41) is 12.9. The summed E-state index contributed by atoms with van der Waals surface area (Å²) in [6, 6.07) is -1.49. The number of nitrogens with zero attached hydrogens (tertiary/aromatic N) is 2. The van der Waals surface area contributed by atoms with Gasteiger partial charge in [0.2, 0.25) is 11.8 Å². The number of esters is 1. The van der Waals surface area contributed by atoms with E-state index >= 15 is 0 Å². The smallest absolute Gasteiger partial charge is 0.312 e. The van der Waals surface area contributed by atoms with Crippen molar-refractivity contribution in [3.8, 4) is 0 Å². The van der Waals surface area contributed by atoms with Gasteiger partial charge in [0.15, 0.2) is 0 Å². The molecule has 7 atom stereocenters. The molecule has 0 aliphatic carbocycles. The number of likely N-dealkylation sites (tertiary alicyclic amines) is 1. The highest BCUT2D eigenvalue weighted by atomic mass is 16.6. The Kier molecular flexibility index (Phi) is 6.74. The van der Waals surface area contributed by atoms with E-state index in [1.807, 2.05) is 13.8 Å². The Bertz CT molecular complexity index is 788. The Balaban J connectivity index is 1.61. The molecule has 0 aromatic rings. The van der Waals surface area contributed by atoms with Gasteiger partial charge in [0.25, 0.3) is 0 Å². The third-order valence-corrected chi connectivity index (χ3v) is 8.11. The molecule has 186 valence electrons. The molecule has 4 aliphatic heterocycles. The summed E-state index contributed by atoms with van der Waals surface area (Å²) >= 11 is 0.